The van der Waals surface area contributed by atoms with Gasteiger partial charge in [0, 0.05) is 23.2 Å². The van der Waals surface area contributed by atoms with E-state index in [9.17, 15) is 0 Å². The third-order valence-corrected chi connectivity index (χ3v) is 3.69. The van der Waals surface area contributed by atoms with Crippen molar-refractivity contribution < 1.29 is 4.74 Å². The second-order valence-corrected chi connectivity index (χ2v) is 5.93. The Morgan fingerprint density at radius 2 is 2.22 bits per heavy atom. The van der Waals surface area contributed by atoms with Gasteiger partial charge in [-0.1, -0.05) is 6.07 Å². The lowest BCUT2D eigenvalue weighted by Gasteiger charge is -2.40. The van der Waals surface area contributed by atoms with Crippen LogP contribution in [0.2, 0.25) is 0 Å². The molecule has 0 bridgehead atoms. The molecule has 1 saturated heterocycles. The molecule has 1 aliphatic rings. The Kier molecular flexibility index (Phi) is 3.64. The van der Waals surface area contributed by atoms with Crippen molar-refractivity contribution in [2.45, 2.75) is 19.4 Å². The average molecular weight is 312 g/mol. The number of morpholine rings is 1. The lowest BCUT2D eigenvalue weighted by Crippen LogP contribution is -2.48. The Bertz CT molecular complexity index is 473. The van der Waals surface area contributed by atoms with Gasteiger partial charge in [0.05, 0.1) is 17.8 Å². The quantitative estimate of drug-likeness (QED) is 0.651. The van der Waals surface area contributed by atoms with Crippen molar-refractivity contribution in [1.82, 2.24) is 0 Å². The fourth-order valence-electron chi connectivity index (χ4n) is 2.26. The maximum Gasteiger partial charge on any atom is 0.126 e. The standard InChI is InChI=1S/C13H18BrN3O/c1-13(2)8-17(6-7-18-13)10-5-3-4-9(14)11(10)12(15)16/h3-5H,6-8H2,1-2H3,(H3,15,16). The minimum absolute atomic E-state index is 0.0850. The van der Waals surface area contributed by atoms with E-state index < -0.39 is 0 Å². The van der Waals surface area contributed by atoms with E-state index >= 15 is 0 Å². The first kappa shape index (κ1) is 13.4. The van der Waals surface area contributed by atoms with Crippen LogP contribution in [0.4, 0.5) is 5.69 Å². The third-order valence-electron chi connectivity index (χ3n) is 3.03. The summed E-state index contributed by atoms with van der Waals surface area (Å²) in [6.45, 7) is 6.45. The summed E-state index contributed by atoms with van der Waals surface area (Å²) in [4.78, 5) is 2.23. The van der Waals surface area contributed by atoms with E-state index in [4.69, 9.17) is 15.9 Å². The zero-order valence-electron chi connectivity index (χ0n) is 10.7. The number of halogens is 1. The Balaban J connectivity index is 2.39. The van der Waals surface area contributed by atoms with Gasteiger partial charge in [0.1, 0.15) is 5.84 Å². The highest BCUT2D eigenvalue weighted by molar-refractivity contribution is 9.10. The highest BCUT2D eigenvalue weighted by Crippen LogP contribution is 2.30. The zero-order valence-corrected chi connectivity index (χ0v) is 12.3. The van der Waals surface area contributed by atoms with Crippen LogP contribution in [0.25, 0.3) is 0 Å². The van der Waals surface area contributed by atoms with Gasteiger partial charge in [-0.3, -0.25) is 5.41 Å². The molecule has 0 aliphatic carbocycles. The van der Waals surface area contributed by atoms with E-state index in [0.29, 0.717) is 6.61 Å². The highest BCUT2D eigenvalue weighted by atomic mass is 79.9. The molecule has 1 aromatic carbocycles. The first-order chi connectivity index (χ1) is 8.41. The zero-order chi connectivity index (χ0) is 13.3. The van der Waals surface area contributed by atoms with E-state index in [1.54, 1.807) is 0 Å². The van der Waals surface area contributed by atoms with Crippen LogP contribution in [-0.2, 0) is 4.74 Å². The molecule has 3 N–H and O–H groups in total. The Morgan fingerprint density at radius 1 is 1.50 bits per heavy atom. The van der Waals surface area contributed by atoms with E-state index in [1.165, 1.54) is 0 Å². The molecule has 0 unspecified atom stereocenters. The van der Waals surface area contributed by atoms with Gasteiger partial charge in [0.2, 0.25) is 0 Å². The number of ether oxygens (including phenoxy) is 1. The Morgan fingerprint density at radius 3 is 2.83 bits per heavy atom. The van der Waals surface area contributed by atoms with Crippen LogP contribution in [0.15, 0.2) is 22.7 Å². The molecule has 0 amide bonds. The summed E-state index contributed by atoms with van der Waals surface area (Å²) in [7, 11) is 0. The number of benzene rings is 1. The molecule has 0 spiro atoms. The molecule has 0 atom stereocenters. The Hall–Kier alpha value is -1.07. The molecule has 1 fully saturated rings. The minimum atomic E-state index is -0.172. The number of anilines is 1. The van der Waals surface area contributed by atoms with Crippen LogP contribution in [0.1, 0.15) is 19.4 Å². The van der Waals surface area contributed by atoms with E-state index in [1.807, 2.05) is 18.2 Å². The smallest absolute Gasteiger partial charge is 0.126 e. The number of nitrogens with two attached hydrogens (primary N) is 1. The number of rotatable bonds is 2. The molecular weight excluding hydrogens is 294 g/mol. The summed E-state index contributed by atoms with van der Waals surface area (Å²) in [5.41, 5.74) is 7.27. The largest absolute Gasteiger partial charge is 0.384 e. The number of nitrogen functional groups attached to an aromatic ring is 1. The summed E-state index contributed by atoms with van der Waals surface area (Å²) >= 11 is 3.46. The summed E-state index contributed by atoms with van der Waals surface area (Å²) in [5.74, 6) is 0.0850. The summed E-state index contributed by atoms with van der Waals surface area (Å²) < 4.78 is 6.57. The van der Waals surface area contributed by atoms with Gasteiger partial charge in [-0.05, 0) is 41.9 Å². The lowest BCUT2D eigenvalue weighted by atomic mass is 10.0. The van der Waals surface area contributed by atoms with Gasteiger partial charge in [-0.2, -0.15) is 0 Å². The maximum atomic E-state index is 7.72. The first-order valence-corrected chi connectivity index (χ1v) is 6.72. The topological polar surface area (TPSA) is 62.3 Å². The van der Waals surface area contributed by atoms with Crippen LogP contribution < -0.4 is 10.6 Å². The minimum Gasteiger partial charge on any atom is -0.384 e. The summed E-state index contributed by atoms with van der Waals surface area (Å²) in [6.07, 6.45) is 0. The molecule has 1 aromatic rings. The lowest BCUT2D eigenvalue weighted by molar-refractivity contribution is -0.0277. The molecular formula is C13H18BrN3O. The molecule has 2 rings (SSSR count). The van der Waals surface area contributed by atoms with Crippen molar-refractivity contribution in [1.29, 1.82) is 5.41 Å². The van der Waals surface area contributed by atoms with Crippen LogP contribution >= 0.6 is 15.9 Å². The first-order valence-electron chi connectivity index (χ1n) is 5.92. The number of nitrogens with zero attached hydrogens (tertiary/aromatic N) is 1. The molecule has 18 heavy (non-hydrogen) atoms. The normalized spacial score (nSPS) is 18.7. The number of nitrogens with one attached hydrogen (secondary N) is 1. The second-order valence-electron chi connectivity index (χ2n) is 5.08. The van der Waals surface area contributed by atoms with Crippen LogP contribution in [0, 0.1) is 5.41 Å². The van der Waals surface area contributed by atoms with Gasteiger partial charge in [0.15, 0.2) is 0 Å². The van der Waals surface area contributed by atoms with Crippen LogP contribution in [-0.4, -0.2) is 31.1 Å². The fourth-order valence-corrected chi connectivity index (χ4v) is 2.83. The molecule has 0 saturated carbocycles. The van der Waals surface area contributed by atoms with Crippen molar-refractivity contribution in [3.63, 3.8) is 0 Å². The average Bonchev–Trinajstić information content (AvgIpc) is 2.26. The van der Waals surface area contributed by atoms with Crippen molar-refractivity contribution in [3.8, 4) is 0 Å². The Labute approximate surface area is 116 Å². The molecule has 1 aliphatic heterocycles. The van der Waals surface area contributed by atoms with Crippen molar-refractivity contribution >= 4 is 27.5 Å². The molecule has 1 heterocycles. The van der Waals surface area contributed by atoms with Gasteiger partial charge in [-0.15, -0.1) is 0 Å². The predicted molar refractivity (Wildman–Crippen MR) is 77.4 cm³/mol. The number of hydrogen-bond acceptors (Lipinski definition) is 3. The highest BCUT2D eigenvalue weighted by Gasteiger charge is 2.29. The van der Waals surface area contributed by atoms with Gasteiger partial charge in [0.25, 0.3) is 0 Å². The maximum absolute atomic E-state index is 7.72. The predicted octanol–water partition coefficient (Wildman–Crippen LogP) is 2.35. The molecule has 0 aromatic heterocycles. The van der Waals surface area contributed by atoms with Gasteiger partial charge >= 0.3 is 0 Å². The number of amidine groups is 1. The molecule has 0 radical (unpaired) electrons. The van der Waals surface area contributed by atoms with Crippen molar-refractivity contribution in [2.24, 2.45) is 5.73 Å². The monoisotopic (exact) mass is 311 g/mol. The van der Waals surface area contributed by atoms with Crippen molar-refractivity contribution in [2.75, 3.05) is 24.6 Å². The number of hydrogen-bond donors (Lipinski definition) is 2. The second kappa shape index (κ2) is 4.90. The van der Waals surface area contributed by atoms with E-state index in [0.717, 1.165) is 28.8 Å². The van der Waals surface area contributed by atoms with E-state index in [-0.39, 0.29) is 11.4 Å². The fraction of sp³-hybridized carbons (Fsp3) is 0.462. The van der Waals surface area contributed by atoms with E-state index in [2.05, 4.69) is 34.7 Å². The van der Waals surface area contributed by atoms with Crippen LogP contribution in [0.3, 0.4) is 0 Å². The summed E-state index contributed by atoms with van der Waals surface area (Å²) in [6, 6.07) is 5.88. The molecule has 5 heteroatoms. The van der Waals surface area contributed by atoms with Gasteiger partial charge in [-0.25, -0.2) is 0 Å². The molecule has 4 nitrogen and oxygen atoms in total. The van der Waals surface area contributed by atoms with Gasteiger partial charge < -0.3 is 15.4 Å². The van der Waals surface area contributed by atoms with Crippen molar-refractivity contribution in [3.05, 3.63) is 28.2 Å². The van der Waals surface area contributed by atoms with Crippen LogP contribution in [0.5, 0.6) is 0 Å². The summed E-state index contributed by atoms with van der Waals surface area (Å²) in [5, 5.41) is 7.72. The molecule has 98 valence electrons. The third kappa shape index (κ3) is 2.67. The SMILES string of the molecule is CC1(C)CN(c2cccc(Br)c2C(=N)N)CCO1.